The van der Waals surface area contributed by atoms with Crippen molar-refractivity contribution >= 4 is 64.2 Å². The monoisotopic (exact) mass is 487 g/mol. The van der Waals surface area contributed by atoms with Gasteiger partial charge in [0.05, 0.1) is 31.2 Å². The average Bonchev–Trinajstić information content (AvgIpc) is 2.93. The molecule has 1 heterocycles. The predicted molar refractivity (Wildman–Crippen MR) is 117 cm³/mol. The number of halogens is 4. The van der Waals surface area contributed by atoms with E-state index in [-0.39, 0.29) is 43.6 Å². The Morgan fingerprint density at radius 1 is 0.967 bits per heavy atom. The summed E-state index contributed by atoms with van der Waals surface area (Å²) >= 11 is 24.5. The van der Waals surface area contributed by atoms with Crippen LogP contribution in [0.2, 0.25) is 20.1 Å². The summed E-state index contributed by atoms with van der Waals surface area (Å²) < 4.78 is 5.47. The minimum Gasteiger partial charge on any atom is -0.425 e. The Morgan fingerprint density at radius 2 is 1.50 bits per heavy atom. The van der Waals surface area contributed by atoms with E-state index in [9.17, 15) is 14.4 Å². The summed E-state index contributed by atoms with van der Waals surface area (Å²) in [5.74, 6) is -2.00. The second kappa shape index (κ2) is 8.75. The number of carbonyl (C=O) groups is 3. The highest BCUT2D eigenvalue weighted by Crippen LogP contribution is 2.45. The molecular formula is C21H17Cl4NO4. The van der Waals surface area contributed by atoms with Crippen LogP contribution in [0.4, 0.5) is 0 Å². The molecule has 158 valence electrons. The summed E-state index contributed by atoms with van der Waals surface area (Å²) in [4.78, 5) is 40.1. The number of benzene rings is 2. The van der Waals surface area contributed by atoms with Crippen molar-refractivity contribution in [2.24, 2.45) is 5.92 Å². The first-order chi connectivity index (χ1) is 14.0. The van der Waals surface area contributed by atoms with Crippen LogP contribution in [0.15, 0.2) is 24.3 Å². The molecule has 0 bridgehead atoms. The number of fused-ring (bicyclic) bond motifs is 1. The van der Waals surface area contributed by atoms with Gasteiger partial charge in [-0.25, -0.2) is 4.79 Å². The molecule has 2 aromatic carbocycles. The van der Waals surface area contributed by atoms with Gasteiger partial charge in [-0.2, -0.15) is 0 Å². The molecule has 9 heteroatoms. The van der Waals surface area contributed by atoms with Crippen molar-refractivity contribution in [2.75, 3.05) is 0 Å². The van der Waals surface area contributed by atoms with Crippen molar-refractivity contribution < 1.29 is 19.1 Å². The number of nitrogens with zero attached hydrogens (tertiary/aromatic N) is 1. The molecule has 3 rings (SSSR count). The van der Waals surface area contributed by atoms with E-state index in [1.807, 2.05) is 26.8 Å². The Balaban J connectivity index is 2.03. The number of hydrogen-bond donors (Lipinski definition) is 0. The van der Waals surface area contributed by atoms with Gasteiger partial charge in [0.2, 0.25) is 0 Å². The van der Waals surface area contributed by atoms with Gasteiger partial charge >= 0.3 is 5.97 Å². The lowest BCUT2D eigenvalue weighted by atomic mass is 10.0. The summed E-state index contributed by atoms with van der Waals surface area (Å²) in [5, 5.41) is -0.629. The fourth-order valence-electron chi connectivity index (χ4n) is 3.27. The number of hydrogen-bond acceptors (Lipinski definition) is 4. The average molecular weight is 489 g/mol. The topological polar surface area (TPSA) is 63.7 Å². The van der Waals surface area contributed by atoms with E-state index >= 15 is 0 Å². The molecule has 0 saturated heterocycles. The first-order valence-electron chi connectivity index (χ1n) is 9.06. The SMILES string of the molecule is Cc1cccc(OC(=O)[C@@H](CC(C)C)N2C(=O)c3c(Cl)c(Cl)c(Cl)c(Cl)c3C2=O)c1. The van der Waals surface area contributed by atoms with E-state index in [1.54, 1.807) is 18.2 Å². The zero-order valence-corrected chi connectivity index (χ0v) is 19.3. The maximum atomic E-state index is 13.1. The van der Waals surface area contributed by atoms with E-state index in [0.29, 0.717) is 5.75 Å². The van der Waals surface area contributed by atoms with Crippen LogP contribution >= 0.6 is 46.4 Å². The molecule has 0 aliphatic carbocycles. The highest BCUT2D eigenvalue weighted by atomic mass is 35.5. The normalized spacial score (nSPS) is 14.3. The maximum Gasteiger partial charge on any atom is 0.334 e. The molecule has 1 aliphatic rings. The van der Waals surface area contributed by atoms with Crippen LogP contribution in [0, 0.1) is 12.8 Å². The van der Waals surface area contributed by atoms with Crippen molar-refractivity contribution in [2.45, 2.75) is 33.2 Å². The summed E-state index contributed by atoms with van der Waals surface area (Å²) in [7, 11) is 0. The van der Waals surface area contributed by atoms with Crippen molar-refractivity contribution in [3.05, 3.63) is 61.0 Å². The minimum absolute atomic E-state index is 0.0255. The second-order valence-corrected chi connectivity index (χ2v) is 8.88. The largest absolute Gasteiger partial charge is 0.425 e. The lowest BCUT2D eigenvalue weighted by Crippen LogP contribution is -2.47. The van der Waals surface area contributed by atoms with Crippen molar-refractivity contribution in [3.8, 4) is 5.75 Å². The van der Waals surface area contributed by atoms with Crippen LogP contribution in [0.1, 0.15) is 46.5 Å². The first-order valence-corrected chi connectivity index (χ1v) is 10.6. The van der Waals surface area contributed by atoms with Gasteiger partial charge in [0.15, 0.2) is 0 Å². The van der Waals surface area contributed by atoms with Crippen LogP contribution in [-0.2, 0) is 4.79 Å². The summed E-state index contributed by atoms with van der Waals surface area (Å²) in [6.45, 7) is 5.57. The lowest BCUT2D eigenvalue weighted by molar-refractivity contribution is -0.139. The molecule has 2 amide bonds. The molecule has 5 nitrogen and oxygen atoms in total. The van der Waals surface area contributed by atoms with Crippen molar-refractivity contribution in [1.82, 2.24) is 4.90 Å². The van der Waals surface area contributed by atoms with Gasteiger partial charge in [-0.3, -0.25) is 14.5 Å². The van der Waals surface area contributed by atoms with Crippen LogP contribution < -0.4 is 4.74 Å². The maximum absolute atomic E-state index is 13.1. The minimum atomic E-state index is -1.18. The van der Waals surface area contributed by atoms with Crippen LogP contribution in [0.5, 0.6) is 5.75 Å². The number of esters is 1. The third kappa shape index (κ3) is 4.04. The number of imide groups is 1. The number of ether oxygens (including phenoxy) is 1. The number of amides is 2. The molecule has 1 atom stereocenters. The zero-order valence-electron chi connectivity index (χ0n) is 16.3. The predicted octanol–water partition coefficient (Wildman–Crippen LogP) is 6.22. The molecule has 1 aliphatic heterocycles. The Bertz CT molecular complexity index is 1020. The number of carbonyl (C=O) groups excluding carboxylic acids is 3. The Labute approximate surface area is 193 Å². The molecule has 2 aromatic rings. The highest BCUT2D eigenvalue weighted by Gasteiger charge is 2.47. The van der Waals surface area contributed by atoms with Gasteiger partial charge in [0.1, 0.15) is 11.8 Å². The third-order valence-electron chi connectivity index (χ3n) is 4.62. The Kier molecular flexibility index (Phi) is 6.68. The van der Waals surface area contributed by atoms with E-state index in [1.165, 1.54) is 0 Å². The molecular weight excluding hydrogens is 472 g/mol. The fraction of sp³-hybridized carbons (Fsp3) is 0.286. The molecule has 30 heavy (non-hydrogen) atoms. The number of rotatable bonds is 5. The van der Waals surface area contributed by atoms with Crippen molar-refractivity contribution in [3.63, 3.8) is 0 Å². The van der Waals surface area contributed by atoms with Gasteiger partial charge in [-0.1, -0.05) is 72.4 Å². The fourth-order valence-corrected chi connectivity index (χ4v) is 4.28. The summed E-state index contributed by atoms with van der Waals surface area (Å²) in [5.41, 5.74) is 0.556. The molecule has 0 unspecified atom stereocenters. The van der Waals surface area contributed by atoms with Crippen molar-refractivity contribution in [1.29, 1.82) is 0 Å². The molecule has 0 saturated carbocycles. The number of aryl methyl sites for hydroxylation is 1. The molecule has 0 spiro atoms. The summed E-state index contributed by atoms with van der Waals surface area (Å²) in [6.07, 6.45) is 0.187. The van der Waals surface area contributed by atoms with Gasteiger partial charge in [-0.05, 0) is 37.0 Å². The molecule has 0 fully saturated rings. The van der Waals surface area contributed by atoms with E-state index in [2.05, 4.69) is 0 Å². The van der Waals surface area contributed by atoms with E-state index < -0.39 is 23.8 Å². The van der Waals surface area contributed by atoms with E-state index in [4.69, 9.17) is 51.1 Å². The second-order valence-electron chi connectivity index (χ2n) is 7.37. The van der Waals surface area contributed by atoms with Gasteiger partial charge < -0.3 is 4.74 Å². The smallest absolute Gasteiger partial charge is 0.334 e. The quantitative estimate of drug-likeness (QED) is 0.164. The standard InChI is InChI=1S/C21H17Cl4NO4/c1-9(2)7-12(21(29)30-11-6-4-5-10(3)8-11)26-19(27)13-14(20(26)28)16(23)18(25)17(24)15(13)22/h4-6,8-9,12H,7H2,1-3H3/t12-/m1/s1. The Morgan fingerprint density at radius 3 is 1.97 bits per heavy atom. The molecule has 0 N–H and O–H groups in total. The molecule has 0 radical (unpaired) electrons. The van der Waals surface area contributed by atoms with Gasteiger partial charge in [0.25, 0.3) is 11.8 Å². The summed E-state index contributed by atoms with van der Waals surface area (Å²) in [6, 6.07) is 5.71. The zero-order chi connectivity index (χ0) is 22.3. The van der Waals surface area contributed by atoms with Crippen LogP contribution in [0.25, 0.3) is 0 Å². The van der Waals surface area contributed by atoms with Gasteiger partial charge in [0, 0.05) is 0 Å². The Hall–Kier alpha value is -1.79. The third-order valence-corrected chi connectivity index (χ3v) is 6.42. The van der Waals surface area contributed by atoms with E-state index in [0.717, 1.165) is 10.5 Å². The van der Waals surface area contributed by atoms with Crippen LogP contribution in [0.3, 0.4) is 0 Å². The highest BCUT2D eigenvalue weighted by molar-refractivity contribution is 6.55. The van der Waals surface area contributed by atoms with Crippen LogP contribution in [-0.4, -0.2) is 28.7 Å². The van der Waals surface area contributed by atoms with Gasteiger partial charge in [-0.15, -0.1) is 0 Å². The lowest BCUT2D eigenvalue weighted by Gasteiger charge is -2.26. The first kappa shape index (κ1) is 22.9. The molecule has 0 aromatic heterocycles.